The van der Waals surface area contributed by atoms with E-state index in [9.17, 15) is 4.79 Å². The van der Waals surface area contributed by atoms with Crippen molar-refractivity contribution < 1.29 is 14.6 Å². The van der Waals surface area contributed by atoms with Crippen molar-refractivity contribution in [3.63, 3.8) is 0 Å². The summed E-state index contributed by atoms with van der Waals surface area (Å²) in [4.78, 5) is 11.1. The minimum absolute atomic E-state index is 0.152. The Labute approximate surface area is 75.4 Å². The molecule has 5 nitrogen and oxygen atoms in total. The van der Waals surface area contributed by atoms with Gasteiger partial charge in [-0.05, 0) is 19.1 Å². The van der Waals surface area contributed by atoms with Crippen LogP contribution in [0.5, 0.6) is 0 Å². The summed E-state index contributed by atoms with van der Waals surface area (Å²) in [6.45, 7) is 1.84. The summed E-state index contributed by atoms with van der Waals surface area (Å²) in [6, 6.07) is 3.00. The van der Waals surface area contributed by atoms with E-state index in [4.69, 9.17) is 9.84 Å². The standard InChI is InChI=1S/C8H10N2O3/c1-2-13-8(12)7-4-3-6(5-11)9-10-7/h3-4,11H,2,5H2,1H3. The Balaban J connectivity index is 2.74. The van der Waals surface area contributed by atoms with Gasteiger partial charge < -0.3 is 9.84 Å². The lowest BCUT2D eigenvalue weighted by Gasteiger charge is -1.99. The van der Waals surface area contributed by atoms with E-state index in [0.29, 0.717) is 12.3 Å². The number of aromatic nitrogens is 2. The first kappa shape index (κ1) is 9.60. The molecule has 13 heavy (non-hydrogen) atoms. The van der Waals surface area contributed by atoms with Gasteiger partial charge in [0.1, 0.15) is 0 Å². The fourth-order valence-electron chi connectivity index (χ4n) is 0.758. The number of rotatable bonds is 3. The smallest absolute Gasteiger partial charge is 0.358 e. The predicted molar refractivity (Wildman–Crippen MR) is 43.9 cm³/mol. The van der Waals surface area contributed by atoms with E-state index in [-0.39, 0.29) is 12.3 Å². The maximum absolute atomic E-state index is 11.1. The Hall–Kier alpha value is -1.49. The lowest BCUT2D eigenvalue weighted by molar-refractivity contribution is 0.0518. The van der Waals surface area contributed by atoms with E-state index in [1.54, 1.807) is 6.92 Å². The van der Waals surface area contributed by atoms with Crippen molar-refractivity contribution in [2.24, 2.45) is 0 Å². The van der Waals surface area contributed by atoms with Gasteiger partial charge in [0.2, 0.25) is 0 Å². The Morgan fingerprint density at radius 2 is 2.31 bits per heavy atom. The van der Waals surface area contributed by atoms with E-state index in [0.717, 1.165) is 0 Å². The average Bonchev–Trinajstić information content (AvgIpc) is 2.18. The quantitative estimate of drug-likeness (QED) is 0.673. The van der Waals surface area contributed by atoms with Gasteiger partial charge in [0.25, 0.3) is 0 Å². The fourth-order valence-corrected chi connectivity index (χ4v) is 0.758. The highest BCUT2D eigenvalue weighted by Crippen LogP contribution is 1.98. The molecule has 0 unspecified atom stereocenters. The van der Waals surface area contributed by atoms with Crippen LogP contribution in [0.15, 0.2) is 12.1 Å². The highest BCUT2D eigenvalue weighted by atomic mass is 16.5. The number of aliphatic hydroxyl groups excluding tert-OH is 1. The van der Waals surface area contributed by atoms with Crippen molar-refractivity contribution in [1.82, 2.24) is 10.2 Å². The zero-order chi connectivity index (χ0) is 9.68. The van der Waals surface area contributed by atoms with Crippen LogP contribution in [0.3, 0.4) is 0 Å². The van der Waals surface area contributed by atoms with Crippen molar-refractivity contribution in [1.29, 1.82) is 0 Å². The number of carbonyl (C=O) groups excluding carboxylic acids is 1. The lowest BCUT2D eigenvalue weighted by atomic mass is 10.3. The summed E-state index contributed by atoms with van der Waals surface area (Å²) < 4.78 is 4.70. The largest absolute Gasteiger partial charge is 0.461 e. The minimum atomic E-state index is -0.500. The van der Waals surface area contributed by atoms with E-state index >= 15 is 0 Å². The van der Waals surface area contributed by atoms with Crippen LogP contribution in [0.4, 0.5) is 0 Å². The van der Waals surface area contributed by atoms with Gasteiger partial charge in [-0.1, -0.05) is 0 Å². The molecule has 0 fully saturated rings. The first-order valence-electron chi connectivity index (χ1n) is 3.88. The molecular formula is C8H10N2O3. The molecule has 0 saturated carbocycles. The van der Waals surface area contributed by atoms with Gasteiger partial charge in [0.15, 0.2) is 5.69 Å². The van der Waals surface area contributed by atoms with Crippen LogP contribution in [-0.4, -0.2) is 27.9 Å². The molecule has 0 aliphatic carbocycles. The van der Waals surface area contributed by atoms with Crippen molar-refractivity contribution in [3.05, 3.63) is 23.5 Å². The maximum atomic E-state index is 11.1. The first-order valence-corrected chi connectivity index (χ1v) is 3.88. The van der Waals surface area contributed by atoms with Crippen LogP contribution in [0, 0.1) is 0 Å². The Morgan fingerprint density at radius 3 is 2.77 bits per heavy atom. The molecule has 0 aliphatic rings. The second kappa shape index (κ2) is 4.51. The second-order valence-electron chi connectivity index (χ2n) is 2.29. The average molecular weight is 182 g/mol. The molecule has 0 atom stereocenters. The molecule has 1 N–H and O–H groups in total. The summed E-state index contributed by atoms with van der Waals surface area (Å²) in [6.07, 6.45) is 0. The van der Waals surface area contributed by atoms with Gasteiger partial charge >= 0.3 is 5.97 Å². The summed E-state index contributed by atoms with van der Waals surface area (Å²) in [5.74, 6) is -0.500. The van der Waals surface area contributed by atoms with E-state index in [2.05, 4.69) is 10.2 Å². The van der Waals surface area contributed by atoms with Gasteiger partial charge in [-0.15, -0.1) is 5.10 Å². The number of aliphatic hydroxyl groups is 1. The molecule has 1 aromatic rings. The molecular weight excluding hydrogens is 172 g/mol. The van der Waals surface area contributed by atoms with E-state index < -0.39 is 5.97 Å². The van der Waals surface area contributed by atoms with Crippen molar-refractivity contribution in [3.8, 4) is 0 Å². The molecule has 0 saturated heterocycles. The molecule has 1 rings (SSSR count). The van der Waals surface area contributed by atoms with Crippen LogP contribution < -0.4 is 0 Å². The van der Waals surface area contributed by atoms with Crippen LogP contribution in [0.1, 0.15) is 23.1 Å². The van der Waals surface area contributed by atoms with Gasteiger partial charge in [0.05, 0.1) is 18.9 Å². The summed E-state index contributed by atoms with van der Waals surface area (Å²) in [5, 5.41) is 15.8. The highest BCUT2D eigenvalue weighted by molar-refractivity contribution is 5.86. The molecule has 5 heteroatoms. The van der Waals surface area contributed by atoms with Crippen molar-refractivity contribution in [2.45, 2.75) is 13.5 Å². The van der Waals surface area contributed by atoms with Crippen LogP contribution >= 0.6 is 0 Å². The minimum Gasteiger partial charge on any atom is -0.461 e. The molecule has 0 aliphatic heterocycles. The number of nitrogens with zero attached hydrogens (tertiary/aromatic N) is 2. The first-order chi connectivity index (χ1) is 6.27. The van der Waals surface area contributed by atoms with E-state index in [1.165, 1.54) is 12.1 Å². The zero-order valence-electron chi connectivity index (χ0n) is 7.23. The molecule has 1 aromatic heterocycles. The zero-order valence-corrected chi connectivity index (χ0v) is 7.23. The molecule has 0 aromatic carbocycles. The summed E-state index contributed by atoms with van der Waals surface area (Å²) >= 11 is 0. The normalized spacial score (nSPS) is 9.69. The third-order valence-corrected chi connectivity index (χ3v) is 1.37. The predicted octanol–water partition coefficient (Wildman–Crippen LogP) is 0.146. The third-order valence-electron chi connectivity index (χ3n) is 1.37. The highest BCUT2D eigenvalue weighted by Gasteiger charge is 2.07. The van der Waals surface area contributed by atoms with Gasteiger partial charge in [-0.3, -0.25) is 0 Å². The molecule has 1 heterocycles. The third kappa shape index (κ3) is 2.48. The second-order valence-corrected chi connectivity index (χ2v) is 2.29. The monoisotopic (exact) mass is 182 g/mol. The Bertz CT molecular complexity index is 284. The summed E-state index contributed by atoms with van der Waals surface area (Å²) in [5.41, 5.74) is 0.576. The molecule has 0 amide bonds. The molecule has 70 valence electrons. The number of carbonyl (C=O) groups is 1. The lowest BCUT2D eigenvalue weighted by Crippen LogP contribution is -2.08. The fraction of sp³-hybridized carbons (Fsp3) is 0.375. The molecule has 0 radical (unpaired) electrons. The van der Waals surface area contributed by atoms with Crippen molar-refractivity contribution >= 4 is 5.97 Å². The maximum Gasteiger partial charge on any atom is 0.358 e. The number of hydrogen-bond donors (Lipinski definition) is 1. The molecule has 0 bridgehead atoms. The summed E-state index contributed by atoms with van der Waals surface area (Å²) in [7, 11) is 0. The van der Waals surface area contributed by atoms with Gasteiger partial charge in [-0.25, -0.2) is 4.79 Å². The van der Waals surface area contributed by atoms with Gasteiger partial charge in [0, 0.05) is 0 Å². The number of hydrogen-bond acceptors (Lipinski definition) is 5. The van der Waals surface area contributed by atoms with Crippen LogP contribution in [0.2, 0.25) is 0 Å². The number of ether oxygens (including phenoxy) is 1. The van der Waals surface area contributed by atoms with Gasteiger partial charge in [-0.2, -0.15) is 5.10 Å². The Morgan fingerprint density at radius 1 is 1.54 bits per heavy atom. The number of esters is 1. The van der Waals surface area contributed by atoms with Crippen molar-refractivity contribution in [2.75, 3.05) is 6.61 Å². The molecule has 0 spiro atoms. The van der Waals surface area contributed by atoms with Crippen LogP contribution in [0.25, 0.3) is 0 Å². The topological polar surface area (TPSA) is 72.3 Å². The Kier molecular flexibility index (Phi) is 3.33. The van der Waals surface area contributed by atoms with E-state index in [1.807, 2.05) is 0 Å². The van der Waals surface area contributed by atoms with Crippen LogP contribution in [-0.2, 0) is 11.3 Å². The SMILES string of the molecule is CCOC(=O)c1ccc(CO)nn1.